The number of carboxylic acid groups (broad SMARTS) is 1. The zero-order valence-corrected chi connectivity index (χ0v) is 13.9. The van der Waals surface area contributed by atoms with Gasteiger partial charge in [-0.25, -0.2) is 0 Å². The molecular formula is C16H17N3O4S. The van der Waals surface area contributed by atoms with Gasteiger partial charge in [0.25, 0.3) is 11.8 Å². The highest BCUT2D eigenvalue weighted by Crippen LogP contribution is 2.28. The second kappa shape index (κ2) is 8.21. The molecule has 0 aliphatic carbocycles. The van der Waals surface area contributed by atoms with Gasteiger partial charge < -0.3 is 15.7 Å². The van der Waals surface area contributed by atoms with Gasteiger partial charge in [-0.3, -0.25) is 19.4 Å². The largest absolute Gasteiger partial charge is 0.481 e. The molecule has 2 aromatic rings. The van der Waals surface area contributed by atoms with Crippen molar-refractivity contribution >= 4 is 34.1 Å². The minimum Gasteiger partial charge on any atom is -0.481 e. The minimum absolute atomic E-state index is 0.00538. The zero-order chi connectivity index (χ0) is 17.5. The van der Waals surface area contributed by atoms with Gasteiger partial charge in [-0.05, 0) is 31.5 Å². The number of thiophene rings is 1. The van der Waals surface area contributed by atoms with Crippen LogP contribution in [0.2, 0.25) is 0 Å². The summed E-state index contributed by atoms with van der Waals surface area (Å²) in [6, 6.07) is 4.86. The monoisotopic (exact) mass is 347 g/mol. The number of hydrogen-bond acceptors (Lipinski definition) is 5. The van der Waals surface area contributed by atoms with Crippen LogP contribution >= 0.6 is 11.3 Å². The Kier molecular flexibility index (Phi) is 6.02. The number of hydrogen-bond donors (Lipinski definition) is 3. The van der Waals surface area contributed by atoms with Crippen LogP contribution in [0.1, 0.15) is 38.4 Å². The van der Waals surface area contributed by atoms with Crippen molar-refractivity contribution < 1.29 is 19.5 Å². The third-order valence-electron chi connectivity index (χ3n) is 3.12. The summed E-state index contributed by atoms with van der Waals surface area (Å²) in [6.45, 7) is 2.10. The first-order valence-electron chi connectivity index (χ1n) is 7.29. The van der Waals surface area contributed by atoms with Gasteiger partial charge in [0.05, 0.1) is 5.56 Å². The van der Waals surface area contributed by atoms with Crippen molar-refractivity contribution in [3.05, 3.63) is 46.6 Å². The molecule has 0 aliphatic heterocycles. The van der Waals surface area contributed by atoms with E-state index >= 15 is 0 Å². The Bertz CT molecular complexity index is 743. The van der Waals surface area contributed by atoms with Crippen molar-refractivity contribution in [3.8, 4) is 0 Å². The molecule has 0 saturated heterocycles. The van der Waals surface area contributed by atoms with Crippen molar-refractivity contribution in [2.75, 3.05) is 11.9 Å². The van der Waals surface area contributed by atoms with Crippen LogP contribution in [0.25, 0.3) is 0 Å². The average Bonchev–Trinajstić information content (AvgIpc) is 2.92. The third-order valence-corrected chi connectivity index (χ3v) is 4.09. The van der Waals surface area contributed by atoms with E-state index in [-0.39, 0.29) is 24.8 Å². The summed E-state index contributed by atoms with van der Waals surface area (Å²) in [7, 11) is 0. The van der Waals surface area contributed by atoms with Gasteiger partial charge in [-0.1, -0.05) is 0 Å². The number of rotatable bonds is 7. The molecule has 0 aliphatic rings. The molecule has 0 spiro atoms. The van der Waals surface area contributed by atoms with Crippen LogP contribution in [-0.2, 0) is 4.79 Å². The van der Waals surface area contributed by atoms with Gasteiger partial charge in [-0.15, -0.1) is 11.3 Å². The standard InChI is InChI=1S/C16H17N3O4S/c1-10-9-12(15(23)18-6-2-3-13(20)21)16(24-10)19-14(22)11-4-7-17-8-5-11/h4-5,7-9H,2-3,6H2,1H3,(H,18,23)(H,19,22)(H,20,21). The first-order valence-corrected chi connectivity index (χ1v) is 8.11. The van der Waals surface area contributed by atoms with Gasteiger partial charge in [0, 0.05) is 35.8 Å². The normalized spacial score (nSPS) is 10.2. The number of nitrogens with one attached hydrogen (secondary N) is 2. The fraction of sp³-hybridized carbons (Fsp3) is 0.250. The molecule has 2 rings (SSSR count). The average molecular weight is 347 g/mol. The Hall–Kier alpha value is -2.74. The van der Waals surface area contributed by atoms with Crippen LogP contribution in [0.15, 0.2) is 30.6 Å². The summed E-state index contributed by atoms with van der Waals surface area (Å²) >= 11 is 1.31. The lowest BCUT2D eigenvalue weighted by atomic mass is 10.2. The number of amides is 2. The van der Waals surface area contributed by atoms with Gasteiger partial charge >= 0.3 is 5.97 Å². The van der Waals surface area contributed by atoms with Crippen molar-refractivity contribution in [3.63, 3.8) is 0 Å². The maximum Gasteiger partial charge on any atom is 0.303 e. The maximum absolute atomic E-state index is 12.2. The van der Waals surface area contributed by atoms with Crippen LogP contribution < -0.4 is 10.6 Å². The van der Waals surface area contributed by atoms with E-state index in [4.69, 9.17) is 5.11 Å². The van der Waals surface area contributed by atoms with Crippen molar-refractivity contribution in [2.24, 2.45) is 0 Å². The van der Waals surface area contributed by atoms with E-state index in [2.05, 4.69) is 15.6 Å². The summed E-state index contributed by atoms with van der Waals surface area (Å²) in [5, 5.41) is 14.4. The van der Waals surface area contributed by atoms with E-state index in [0.29, 0.717) is 22.5 Å². The van der Waals surface area contributed by atoms with E-state index in [0.717, 1.165) is 4.88 Å². The summed E-state index contributed by atoms with van der Waals surface area (Å²) < 4.78 is 0. The van der Waals surface area contributed by atoms with Gasteiger partial charge in [0.1, 0.15) is 5.00 Å². The molecule has 126 valence electrons. The molecule has 0 aromatic carbocycles. The Morgan fingerprint density at radius 2 is 1.92 bits per heavy atom. The van der Waals surface area contributed by atoms with E-state index in [1.807, 2.05) is 6.92 Å². The van der Waals surface area contributed by atoms with Crippen LogP contribution in [-0.4, -0.2) is 34.4 Å². The highest BCUT2D eigenvalue weighted by Gasteiger charge is 2.17. The van der Waals surface area contributed by atoms with Crippen LogP contribution in [0, 0.1) is 6.92 Å². The smallest absolute Gasteiger partial charge is 0.303 e. The molecule has 3 N–H and O–H groups in total. The molecule has 0 fully saturated rings. The lowest BCUT2D eigenvalue weighted by molar-refractivity contribution is -0.137. The fourth-order valence-electron chi connectivity index (χ4n) is 1.99. The highest BCUT2D eigenvalue weighted by atomic mass is 32.1. The molecule has 0 atom stereocenters. The van der Waals surface area contributed by atoms with E-state index in [1.165, 1.54) is 23.7 Å². The SMILES string of the molecule is Cc1cc(C(=O)NCCCC(=O)O)c(NC(=O)c2ccncc2)s1. The summed E-state index contributed by atoms with van der Waals surface area (Å²) in [6.07, 6.45) is 3.38. The second-order valence-electron chi connectivity index (χ2n) is 5.04. The number of anilines is 1. The Morgan fingerprint density at radius 3 is 2.58 bits per heavy atom. The molecule has 0 unspecified atom stereocenters. The zero-order valence-electron chi connectivity index (χ0n) is 13.0. The molecular weight excluding hydrogens is 330 g/mol. The topological polar surface area (TPSA) is 108 Å². The second-order valence-corrected chi connectivity index (χ2v) is 6.30. The maximum atomic E-state index is 12.2. The molecule has 0 radical (unpaired) electrons. The molecule has 8 heteroatoms. The molecule has 7 nitrogen and oxygen atoms in total. The first-order chi connectivity index (χ1) is 11.5. The van der Waals surface area contributed by atoms with Gasteiger partial charge in [0.2, 0.25) is 0 Å². The molecule has 2 heterocycles. The minimum atomic E-state index is -0.902. The summed E-state index contributed by atoms with van der Waals surface area (Å²) in [5.74, 6) is -1.56. The quantitative estimate of drug-likeness (QED) is 0.666. The van der Waals surface area contributed by atoms with Crippen molar-refractivity contribution in [1.82, 2.24) is 10.3 Å². The van der Waals surface area contributed by atoms with Crippen LogP contribution in [0.5, 0.6) is 0 Å². The van der Waals surface area contributed by atoms with E-state index < -0.39 is 5.97 Å². The lowest BCUT2D eigenvalue weighted by Crippen LogP contribution is -2.25. The first kappa shape index (κ1) is 17.6. The molecule has 24 heavy (non-hydrogen) atoms. The number of carbonyl (C=O) groups is 3. The number of nitrogens with zero attached hydrogens (tertiary/aromatic N) is 1. The Labute approximate surface area is 142 Å². The van der Waals surface area contributed by atoms with Crippen LogP contribution in [0.4, 0.5) is 5.00 Å². The number of aromatic nitrogens is 1. The number of carbonyl (C=O) groups excluding carboxylic acids is 2. The van der Waals surface area contributed by atoms with Gasteiger partial charge in [0.15, 0.2) is 0 Å². The molecule has 2 amide bonds. The highest BCUT2D eigenvalue weighted by molar-refractivity contribution is 7.16. The Balaban J connectivity index is 2.03. The third kappa shape index (κ3) is 4.88. The predicted molar refractivity (Wildman–Crippen MR) is 90.4 cm³/mol. The molecule has 2 aromatic heterocycles. The molecule has 0 bridgehead atoms. The van der Waals surface area contributed by atoms with E-state index in [1.54, 1.807) is 18.2 Å². The van der Waals surface area contributed by atoms with Crippen molar-refractivity contribution in [2.45, 2.75) is 19.8 Å². The van der Waals surface area contributed by atoms with Crippen LogP contribution in [0.3, 0.4) is 0 Å². The van der Waals surface area contributed by atoms with Gasteiger partial charge in [-0.2, -0.15) is 0 Å². The number of carboxylic acids is 1. The lowest BCUT2D eigenvalue weighted by Gasteiger charge is -2.07. The predicted octanol–water partition coefficient (Wildman–Crippen LogP) is 2.30. The number of aryl methyl sites for hydroxylation is 1. The summed E-state index contributed by atoms with van der Waals surface area (Å²) in [5.41, 5.74) is 0.819. The fourth-order valence-corrected chi connectivity index (χ4v) is 2.90. The molecule has 0 saturated carbocycles. The Morgan fingerprint density at radius 1 is 1.21 bits per heavy atom. The van der Waals surface area contributed by atoms with E-state index in [9.17, 15) is 14.4 Å². The number of aliphatic carboxylic acids is 1. The summed E-state index contributed by atoms with van der Waals surface area (Å²) in [4.78, 5) is 39.6. The van der Waals surface area contributed by atoms with Crippen molar-refractivity contribution in [1.29, 1.82) is 0 Å². The number of pyridine rings is 1.